The second-order valence-corrected chi connectivity index (χ2v) is 12.0. The number of amides is 1. The Labute approximate surface area is 254 Å². The summed E-state index contributed by atoms with van der Waals surface area (Å²) in [4.78, 5) is 33.2. The van der Waals surface area contributed by atoms with Gasteiger partial charge in [0.1, 0.15) is 22.9 Å². The minimum Gasteiger partial charge on any atom is -0.505 e. The molecule has 6 rings (SSSR count). The maximum absolute atomic E-state index is 13.7. The van der Waals surface area contributed by atoms with E-state index in [4.69, 9.17) is 4.74 Å². The third-order valence-corrected chi connectivity index (χ3v) is 9.02. The predicted octanol–water partition coefficient (Wildman–Crippen LogP) is 6.34. The molecule has 9 nitrogen and oxygen atoms in total. The lowest BCUT2D eigenvalue weighted by Gasteiger charge is -2.23. The third kappa shape index (κ3) is 5.51. The van der Waals surface area contributed by atoms with Crippen LogP contribution in [-0.4, -0.2) is 43.0 Å². The molecule has 218 valence electrons. The van der Waals surface area contributed by atoms with E-state index in [2.05, 4.69) is 15.2 Å². The number of aliphatic hydroxyl groups is 1. The van der Waals surface area contributed by atoms with Crippen LogP contribution in [-0.2, 0) is 15.3 Å². The molecule has 1 N–H and O–H groups in total. The Morgan fingerprint density at radius 2 is 1.91 bits per heavy atom. The number of hydrogen-bond donors (Lipinski definition) is 1. The molecule has 1 aliphatic heterocycles. The molecule has 0 bridgehead atoms. The van der Waals surface area contributed by atoms with Crippen LogP contribution in [0.25, 0.3) is 11.4 Å². The van der Waals surface area contributed by atoms with E-state index < -0.39 is 17.7 Å². The van der Waals surface area contributed by atoms with Crippen molar-refractivity contribution in [2.45, 2.75) is 36.4 Å². The van der Waals surface area contributed by atoms with Crippen molar-refractivity contribution >= 4 is 51.3 Å². The molecule has 2 aromatic carbocycles. The number of hydrogen-bond acceptors (Lipinski definition) is 9. The second kappa shape index (κ2) is 12.0. The van der Waals surface area contributed by atoms with Gasteiger partial charge in [0, 0.05) is 11.9 Å². The van der Waals surface area contributed by atoms with Gasteiger partial charge in [-0.25, -0.2) is 9.37 Å². The fraction of sp³-hybridized carbons (Fsp3) is 0.194. The first-order valence-corrected chi connectivity index (χ1v) is 15.3. The quantitative estimate of drug-likeness (QED) is 0.0673. The van der Waals surface area contributed by atoms with Crippen LogP contribution in [0.4, 0.5) is 9.52 Å². The van der Waals surface area contributed by atoms with Crippen molar-refractivity contribution in [3.8, 4) is 5.75 Å². The van der Waals surface area contributed by atoms with E-state index in [0.29, 0.717) is 45.0 Å². The topological polar surface area (TPSA) is 110 Å². The number of thioether (sulfide) groups is 1. The number of fused-ring (bicyclic) bond motifs is 1. The number of pyridine rings is 1. The Hall–Kier alpha value is -4.55. The van der Waals surface area contributed by atoms with Crippen molar-refractivity contribution < 1.29 is 23.8 Å². The molecule has 5 aromatic rings. The van der Waals surface area contributed by atoms with Crippen molar-refractivity contribution in [2.75, 3.05) is 11.5 Å². The Bertz CT molecular complexity index is 1870. The number of anilines is 1. The first-order chi connectivity index (χ1) is 20.9. The number of ether oxygens (including phenoxy) is 1. The number of aliphatic hydroxyl groups excluding tert-OH is 1. The fourth-order valence-corrected chi connectivity index (χ4v) is 6.77. The normalized spacial score (nSPS) is 16.3. The predicted molar refractivity (Wildman–Crippen MR) is 163 cm³/mol. The number of nitrogens with zero attached hydrogens (tertiary/aromatic N) is 5. The van der Waals surface area contributed by atoms with Gasteiger partial charge < -0.3 is 9.84 Å². The van der Waals surface area contributed by atoms with Crippen molar-refractivity contribution in [3.63, 3.8) is 0 Å². The van der Waals surface area contributed by atoms with Crippen molar-refractivity contribution in [3.05, 3.63) is 107 Å². The Morgan fingerprint density at radius 3 is 2.70 bits per heavy atom. The summed E-state index contributed by atoms with van der Waals surface area (Å²) in [6, 6.07) is 17.7. The number of aryl methyl sites for hydroxylation is 1. The van der Waals surface area contributed by atoms with E-state index in [0.717, 1.165) is 23.3 Å². The van der Waals surface area contributed by atoms with Gasteiger partial charge >= 0.3 is 5.91 Å². The van der Waals surface area contributed by atoms with E-state index in [9.17, 15) is 19.1 Å². The number of carbonyl (C=O) groups is 2. The molecule has 4 heterocycles. The summed E-state index contributed by atoms with van der Waals surface area (Å²) in [5.41, 5.74) is 2.80. The van der Waals surface area contributed by atoms with Gasteiger partial charge in [-0.3, -0.25) is 18.9 Å². The zero-order valence-electron chi connectivity index (χ0n) is 23.2. The van der Waals surface area contributed by atoms with Crippen LogP contribution in [0.1, 0.15) is 41.9 Å². The highest BCUT2D eigenvalue weighted by Crippen LogP contribution is 2.45. The van der Waals surface area contributed by atoms with Crippen LogP contribution in [0.2, 0.25) is 0 Å². The standard InChI is InChI=1S/C31H26FN5O4S2/c1-3-15-41-22-8-6-7-20(16-22)26-24(27(38)25-18(2)33-23-9-4-5-14-36(23)25)28(39)29(40)37(26)30-34-35-31(43-30)42-17-19-10-12-21(32)13-11-19/h4-14,16,26,38H,3,15,17H2,1-2H3. The van der Waals surface area contributed by atoms with Gasteiger partial charge in [0.2, 0.25) is 5.13 Å². The summed E-state index contributed by atoms with van der Waals surface area (Å²) in [5, 5.41) is 20.5. The highest BCUT2D eigenvalue weighted by Gasteiger charge is 2.49. The van der Waals surface area contributed by atoms with E-state index in [1.54, 1.807) is 66.1 Å². The van der Waals surface area contributed by atoms with Crippen LogP contribution in [0.15, 0.2) is 82.8 Å². The first-order valence-electron chi connectivity index (χ1n) is 13.5. The largest absolute Gasteiger partial charge is 0.505 e. The summed E-state index contributed by atoms with van der Waals surface area (Å²) in [7, 11) is 0. The summed E-state index contributed by atoms with van der Waals surface area (Å²) in [5.74, 6) is -1.24. The maximum atomic E-state index is 13.7. The monoisotopic (exact) mass is 615 g/mol. The average molecular weight is 616 g/mol. The fourth-order valence-electron chi connectivity index (χ4n) is 4.95. The number of rotatable bonds is 9. The number of Topliss-reactive ketones (excluding diaryl/α,β-unsaturated/α-hetero) is 1. The molecule has 0 radical (unpaired) electrons. The van der Waals surface area contributed by atoms with Crippen molar-refractivity contribution in [2.24, 2.45) is 0 Å². The Morgan fingerprint density at radius 1 is 1.09 bits per heavy atom. The van der Waals surface area contributed by atoms with Gasteiger partial charge in [0.25, 0.3) is 5.78 Å². The van der Waals surface area contributed by atoms with Crippen LogP contribution in [0.3, 0.4) is 0 Å². The van der Waals surface area contributed by atoms with Gasteiger partial charge in [-0.1, -0.05) is 60.4 Å². The number of carbonyl (C=O) groups excluding carboxylic acids is 2. The molecular weight excluding hydrogens is 590 g/mol. The number of imidazole rings is 1. The van der Waals surface area contributed by atoms with Gasteiger partial charge in [-0.05, 0) is 60.9 Å². The molecule has 0 aliphatic carbocycles. The van der Waals surface area contributed by atoms with Crippen molar-refractivity contribution in [1.82, 2.24) is 19.6 Å². The molecule has 1 saturated heterocycles. The highest BCUT2D eigenvalue weighted by atomic mass is 32.2. The van der Waals surface area contributed by atoms with Gasteiger partial charge in [0.05, 0.1) is 23.9 Å². The third-order valence-electron chi connectivity index (χ3n) is 6.90. The minimum absolute atomic E-state index is 0.0814. The smallest absolute Gasteiger partial charge is 0.301 e. The minimum atomic E-state index is -0.998. The molecule has 12 heteroatoms. The molecule has 1 unspecified atom stereocenters. The maximum Gasteiger partial charge on any atom is 0.301 e. The van der Waals surface area contributed by atoms with E-state index >= 15 is 0 Å². The first kappa shape index (κ1) is 28.6. The number of benzene rings is 2. The number of ketones is 1. The molecule has 43 heavy (non-hydrogen) atoms. The molecule has 1 aliphatic rings. The summed E-state index contributed by atoms with van der Waals surface area (Å²) >= 11 is 2.54. The summed E-state index contributed by atoms with van der Waals surface area (Å²) in [6.45, 7) is 4.23. The summed E-state index contributed by atoms with van der Waals surface area (Å²) in [6.07, 6.45) is 2.55. The van der Waals surface area contributed by atoms with E-state index in [1.165, 1.54) is 28.8 Å². The molecule has 1 amide bonds. The SMILES string of the molecule is CCCOc1cccc(C2C(=C(O)c3c(C)nc4ccccn34)C(=O)C(=O)N2c2nnc(SCc3ccc(F)cc3)s2)c1. The zero-order chi connectivity index (χ0) is 30.1. The lowest BCUT2D eigenvalue weighted by atomic mass is 9.96. The Balaban J connectivity index is 1.44. The lowest BCUT2D eigenvalue weighted by Crippen LogP contribution is -2.29. The van der Waals surface area contributed by atoms with Crippen LogP contribution in [0, 0.1) is 12.7 Å². The number of aromatic nitrogens is 4. The van der Waals surface area contributed by atoms with E-state index in [1.807, 2.05) is 13.0 Å². The highest BCUT2D eigenvalue weighted by molar-refractivity contribution is 8.00. The lowest BCUT2D eigenvalue weighted by molar-refractivity contribution is -0.132. The van der Waals surface area contributed by atoms with Gasteiger partial charge in [0.15, 0.2) is 10.1 Å². The van der Waals surface area contributed by atoms with Crippen LogP contribution in [0.5, 0.6) is 5.75 Å². The van der Waals surface area contributed by atoms with Crippen LogP contribution >= 0.6 is 23.1 Å². The van der Waals surface area contributed by atoms with E-state index in [-0.39, 0.29) is 22.3 Å². The molecule has 3 aromatic heterocycles. The van der Waals surface area contributed by atoms with Gasteiger partial charge in [-0.2, -0.15) is 0 Å². The number of halogens is 1. The molecular formula is C31H26FN5O4S2. The molecule has 0 saturated carbocycles. The van der Waals surface area contributed by atoms with Crippen molar-refractivity contribution in [1.29, 1.82) is 0 Å². The molecule has 1 atom stereocenters. The zero-order valence-corrected chi connectivity index (χ0v) is 24.9. The molecule has 1 fully saturated rings. The van der Waals surface area contributed by atoms with Gasteiger partial charge in [-0.15, -0.1) is 10.2 Å². The average Bonchev–Trinajstić information content (AvgIpc) is 3.69. The Kier molecular flexibility index (Phi) is 7.96. The molecule has 0 spiro atoms. The summed E-state index contributed by atoms with van der Waals surface area (Å²) < 4.78 is 21.4. The second-order valence-electron chi connectivity index (χ2n) is 9.83. The van der Waals surface area contributed by atoms with Crippen LogP contribution < -0.4 is 9.64 Å².